The topological polar surface area (TPSA) is 0 Å². The van der Waals surface area contributed by atoms with Crippen LogP contribution in [-0.2, 0) is 0 Å². The standard InChI is InChI=1S/C14H19BrS/c1-14(11-15,12-7-8-12)9-10-16-13-5-3-2-4-6-13/h2-6,12H,7-11H2,1H3. The van der Waals surface area contributed by atoms with Crippen LogP contribution in [0.2, 0.25) is 0 Å². The van der Waals surface area contributed by atoms with Crippen LogP contribution in [0.25, 0.3) is 0 Å². The predicted octanol–water partition coefficient (Wildman–Crippen LogP) is 4.98. The molecule has 1 fully saturated rings. The van der Waals surface area contributed by atoms with E-state index in [0.717, 1.165) is 11.2 Å². The van der Waals surface area contributed by atoms with E-state index < -0.39 is 0 Å². The molecule has 0 amide bonds. The van der Waals surface area contributed by atoms with Gasteiger partial charge in [-0.25, -0.2) is 0 Å². The lowest BCUT2D eigenvalue weighted by molar-refractivity contribution is 0.311. The van der Waals surface area contributed by atoms with Crippen LogP contribution in [0.15, 0.2) is 35.2 Å². The van der Waals surface area contributed by atoms with Gasteiger partial charge in [0.25, 0.3) is 0 Å². The summed E-state index contributed by atoms with van der Waals surface area (Å²) in [6.45, 7) is 2.44. The molecule has 0 saturated heterocycles. The van der Waals surface area contributed by atoms with Gasteiger partial charge in [0.05, 0.1) is 0 Å². The van der Waals surface area contributed by atoms with Crippen molar-refractivity contribution in [3.05, 3.63) is 30.3 Å². The fourth-order valence-corrected chi connectivity index (χ4v) is 3.97. The summed E-state index contributed by atoms with van der Waals surface area (Å²) in [5.41, 5.74) is 0.530. The first-order valence-corrected chi connectivity index (χ1v) is 8.09. The average Bonchev–Trinajstić information content (AvgIpc) is 3.14. The summed E-state index contributed by atoms with van der Waals surface area (Å²) in [7, 11) is 0. The first kappa shape index (κ1) is 12.5. The van der Waals surface area contributed by atoms with E-state index in [4.69, 9.17) is 0 Å². The Bertz CT molecular complexity index is 321. The maximum Gasteiger partial charge on any atom is 0.00882 e. The Balaban J connectivity index is 1.79. The van der Waals surface area contributed by atoms with Crippen LogP contribution >= 0.6 is 27.7 Å². The van der Waals surface area contributed by atoms with Gasteiger partial charge in [-0.05, 0) is 48.5 Å². The van der Waals surface area contributed by atoms with Crippen LogP contribution in [0.4, 0.5) is 0 Å². The molecule has 0 spiro atoms. The second-order valence-corrected chi connectivity index (χ2v) is 6.70. The Morgan fingerprint density at radius 2 is 2.00 bits per heavy atom. The summed E-state index contributed by atoms with van der Waals surface area (Å²) in [4.78, 5) is 1.40. The van der Waals surface area contributed by atoms with Gasteiger partial charge in [-0.3, -0.25) is 0 Å². The molecule has 1 aliphatic rings. The van der Waals surface area contributed by atoms with Crippen molar-refractivity contribution in [3.8, 4) is 0 Å². The Hall–Kier alpha value is 0.0500. The smallest absolute Gasteiger partial charge is 0.00882 e. The van der Waals surface area contributed by atoms with Crippen LogP contribution in [0.3, 0.4) is 0 Å². The van der Waals surface area contributed by atoms with Crippen LogP contribution in [0.1, 0.15) is 26.2 Å². The summed E-state index contributed by atoms with van der Waals surface area (Å²) < 4.78 is 0. The molecule has 1 saturated carbocycles. The maximum absolute atomic E-state index is 3.69. The second-order valence-electron chi connectivity index (χ2n) is 4.97. The average molecular weight is 299 g/mol. The van der Waals surface area contributed by atoms with Gasteiger partial charge in [0.15, 0.2) is 0 Å². The lowest BCUT2D eigenvalue weighted by Crippen LogP contribution is -2.21. The van der Waals surface area contributed by atoms with E-state index in [0.29, 0.717) is 5.41 Å². The first-order chi connectivity index (χ1) is 7.74. The van der Waals surface area contributed by atoms with Crippen molar-refractivity contribution in [2.24, 2.45) is 11.3 Å². The van der Waals surface area contributed by atoms with Crippen molar-refractivity contribution in [3.63, 3.8) is 0 Å². The van der Waals surface area contributed by atoms with Gasteiger partial charge in [0.2, 0.25) is 0 Å². The van der Waals surface area contributed by atoms with Crippen LogP contribution in [0.5, 0.6) is 0 Å². The largest absolute Gasteiger partial charge is 0.126 e. The highest BCUT2D eigenvalue weighted by molar-refractivity contribution is 9.09. The molecule has 0 nitrogen and oxygen atoms in total. The molecular formula is C14H19BrS. The molecule has 1 aromatic rings. The molecule has 0 aliphatic heterocycles. The molecule has 0 heterocycles. The summed E-state index contributed by atoms with van der Waals surface area (Å²) in [5, 5.41) is 1.15. The Morgan fingerprint density at radius 3 is 2.56 bits per heavy atom. The molecule has 16 heavy (non-hydrogen) atoms. The SMILES string of the molecule is CC(CBr)(CCSc1ccccc1)C1CC1. The number of benzene rings is 1. The van der Waals surface area contributed by atoms with Gasteiger partial charge in [-0.1, -0.05) is 41.1 Å². The van der Waals surface area contributed by atoms with Crippen molar-refractivity contribution in [2.75, 3.05) is 11.1 Å². The molecule has 1 aliphatic carbocycles. The molecular weight excluding hydrogens is 280 g/mol. The third-order valence-corrected chi connectivity index (χ3v) is 5.85. The lowest BCUT2D eigenvalue weighted by Gasteiger charge is -2.27. The summed E-state index contributed by atoms with van der Waals surface area (Å²) in [5.74, 6) is 2.21. The van der Waals surface area contributed by atoms with Gasteiger partial charge in [0, 0.05) is 10.2 Å². The molecule has 0 radical (unpaired) electrons. The van der Waals surface area contributed by atoms with E-state index in [1.165, 1.54) is 29.9 Å². The number of hydrogen-bond donors (Lipinski definition) is 0. The minimum Gasteiger partial charge on any atom is -0.126 e. The minimum absolute atomic E-state index is 0.530. The highest BCUT2D eigenvalue weighted by atomic mass is 79.9. The fourth-order valence-electron chi connectivity index (χ4n) is 2.08. The summed E-state index contributed by atoms with van der Waals surface area (Å²) in [6.07, 6.45) is 4.21. The van der Waals surface area contributed by atoms with Crippen molar-refractivity contribution < 1.29 is 0 Å². The zero-order valence-electron chi connectivity index (χ0n) is 9.79. The molecule has 2 rings (SSSR count). The van der Waals surface area contributed by atoms with E-state index in [1.54, 1.807) is 0 Å². The van der Waals surface area contributed by atoms with E-state index in [2.05, 4.69) is 53.2 Å². The number of hydrogen-bond acceptors (Lipinski definition) is 1. The molecule has 88 valence electrons. The van der Waals surface area contributed by atoms with Crippen molar-refractivity contribution >= 4 is 27.7 Å². The highest BCUT2D eigenvalue weighted by Gasteiger charge is 2.39. The quantitative estimate of drug-likeness (QED) is 0.527. The monoisotopic (exact) mass is 298 g/mol. The second kappa shape index (κ2) is 5.59. The van der Waals surface area contributed by atoms with Gasteiger partial charge in [-0.2, -0.15) is 0 Å². The van der Waals surface area contributed by atoms with Crippen molar-refractivity contribution in [1.29, 1.82) is 0 Å². The highest BCUT2D eigenvalue weighted by Crippen LogP contribution is 2.49. The third kappa shape index (κ3) is 3.27. The normalized spacial score (nSPS) is 19.4. The Kier molecular flexibility index (Phi) is 4.37. The van der Waals surface area contributed by atoms with Gasteiger partial charge < -0.3 is 0 Å². The van der Waals surface area contributed by atoms with Gasteiger partial charge in [-0.15, -0.1) is 11.8 Å². The summed E-state index contributed by atoms with van der Waals surface area (Å²) >= 11 is 5.68. The lowest BCUT2D eigenvalue weighted by atomic mass is 9.85. The molecule has 1 aromatic carbocycles. The molecule has 0 N–H and O–H groups in total. The zero-order chi connectivity index (χ0) is 11.4. The van der Waals surface area contributed by atoms with Crippen LogP contribution in [0, 0.1) is 11.3 Å². The van der Waals surface area contributed by atoms with E-state index in [1.807, 2.05) is 11.8 Å². The van der Waals surface area contributed by atoms with E-state index in [-0.39, 0.29) is 0 Å². The predicted molar refractivity (Wildman–Crippen MR) is 76.4 cm³/mol. The number of alkyl halides is 1. The minimum atomic E-state index is 0.530. The maximum atomic E-state index is 3.69. The first-order valence-electron chi connectivity index (χ1n) is 5.98. The van der Waals surface area contributed by atoms with Crippen molar-refractivity contribution in [1.82, 2.24) is 0 Å². The van der Waals surface area contributed by atoms with Crippen LogP contribution in [-0.4, -0.2) is 11.1 Å². The Morgan fingerprint density at radius 1 is 1.31 bits per heavy atom. The number of thioether (sulfide) groups is 1. The Labute approximate surface area is 111 Å². The number of halogens is 1. The molecule has 2 heteroatoms. The zero-order valence-corrected chi connectivity index (χ0v) is 12.2. The van der Waals surface area contributed by atoms with Crippen molar-refractivity contribution in [2.45, 2.75) is 31.1 Å². The van der Waals surface area contributed by atoms with Gasteiger partial charge >= 0.3 is 0 Å². The third-order valence-electron chi connectivity index (χ3n) is 3.55. The summed E-state index contributed by atoms with van der Waals surface area (Å²) in [6, 6.07) is 10.7. The van der Waals surface area contributed by atoms with Gasteiger partial charge in [0.1, 0.15) is 0 Å². The van der Waals surface area contributed by atoms with Crippen LogP contribution < -0.4 is 0 Å². The molecule has 0 bridgehead atoms. The fraction of sp³-hybridized carbons (Fsp3) is 0.571. The van der Waals surface area contributed by atoms with E-state index in [9.17, 15) is 0 Å². The molecule has 1 atom stereocenters. The molecule has 1 unspecified atom stereocenters. The number of rotatable bonds is 6. The molecule has 0 aromatic heterocycles. The van der Waals surface area contributed by atoms with E-state index >= 15 is 0 Å².